The fourth-order valence-corrected chi connectivity index (χ4v) is 3.98. The molecule has 0 saturated heterocycles. The van der Waals surface area contributed by atoms with Crippen LogP contribution in [0.2, 0.25) is 0 Å². The van der Waals surface area contributed by atoms with Gasteiger partial charge in [0.15, 0.2) is 5.96 Å². The van der Waals surface area contributed by atoms with Crippen LogP contribution in [0.3, 0.4) is 0 Å². The molecular formula is C17H31IN4OS. The molecule has 0 bridgehead atoms. The van der Waals surface area contributed by atoms with Gasteiger partial charge in [0.1, 0.15) is 0 Å². The van der Waals surface area contributed by atoms with Crippen molar-refractivity contribution >= 4 is 41.3 Å². The first-order valence-electron chi connectivity index (χ1n) is 8.74. The van der Waals surface area contributed by atoms with Crippen LogP contribution < -0.4 is 10.6 Å². The molecule has 1 aliphatic rings. The molecule has 2 N–H and O–H groups in total. The average molecular weight is 466 g/mol. The molecule has 5 nitrogen and oxygen atoms in total. The number of nitrogens with zero attached hydrogens (tertiary/aromatic N) is 2. The van der Waals surface area contributed by atoms with E-state index in [1.165, 1.54) is 41.3 Å². The minimum absolute atomic E-state index is 0. The lowest BCUT2D eigenvalue weighted by atomic mass is 10.0. The Morgan fingerprint density at radius 1 is 1.38 bits per heavy atom. The van der Waals surface area contributed by atoms with Gasteiger partial charge in [-0.2, -0.15) is 0 Å². The van der Waals surface area contributed by atoms with Crippen molar-refractivity contribution in [2.24, 2.45) is 4.99 Å². The number of aryl methyl sites for hydroxylation is 3. The Balaban J connectivity index is 0.00000288. The number of methoxy groups -OCH3 is 1. The number of thiazole rings is 1. The summed E-state index contributed by atoms with van der Waals surface area (Å²) in [5.74, 6) is 0.871. The van der Waals surface area contributed by atoms with Gasteiger partial charge in [0.25, 0.3) is 0 Å². The van der Waals surface area contributed by atoms with Crippen molar-refractivity contribution in [1.82, 2.24) is 15.6 Å². The first-order valence-corrected chi connectivity index (χ1v) is 9.55. The van der Waals surface area contributed by atoms with E-state index in [-0.39, 0.29) is 30.0 Å². The molecule has 7 heteroatoms. The minimum atomic E-state index is 0. The second-order valence-electron chi connectivity index (χ2n) is 6.05. The third-order valence-electron chi connectivity index (χ3n) is 3.85. The van der Waals surface area contributed by atoms with E-state index >= 15 is 0 Å². The first kappa shape index (κ1) is 21.6. The van der Waals surface area contributed by atoms with E-state index in [1.54, 1.807) is 7.11 Å². The maximum Gasteiger partial charge on any atom is 0.191 e. The lowest BCUT2D eigenvalue weighted by Crippen LogP contribution is -2.44. The van der Waals surface area contributed by atoms with Gasteiger partial charge < -0.3 is 15.4 Å². The highest BCUT2D eigenvalue weighted by molar-refractivity contribution is 14.0. The smallest absolute Gasteiger partial charge is 0.191 e. The number of aliphatic imine (C=N–C) groups is 1. The Morgan fingerprint density at radius 2 is 2.17 bits per heavy atom. The fourth-order valence-electron chi connectivity index (χ4n) is 2.78. The fraction of sp³-hybridized carbons (Fsp3) is 0.765. The molecule has 1 aromatic heterocycles. The van der Waals surface area contributed by atoms with E-state index in [2.05, 4.69) is 29.5 Å². The van der Waals surface area contributed by atoms with E-state index in [0.717, 1.165) is 31.9 Å². The van der Waals surface area contributed by atoms with Crippen LogP contribution >= 0.6 is 35.3 Å². The number of guanidine groups is 1. The van der Waals surface area contributed by atoms with Crippen LogP contribution in [-0.2, 0) is 24.0 Å². The van der Waals surface area contributed by atoms with E-state index in [1.807, 2.05) is 11.3 Å². The van der Waals surface area contributed by atoms with Crippen molar-refractivity contribution in [3.8, 4) is 0 Å². The third kappa shape index (κ3) is 7.23. The van der Waals surface area contributed by atoms with Crippen molar-refractivity contribution in [1.29, 1.82) is 0 Å². The maximum absolute atomic E-state index is 5.15. The summed E-state index contributed by atoms with van der Waals surface area (Å²) in [6, 6.07) is 0.253. The van der Waals surface area contributed by atoms with Crippen molar-refractivity contribution in [2.45, 2.75) is 58.4 Å². The van der Waals surface area contributed by atoms with E-state index in [0.29, 0.717) is 6.61 Å². The lowest BCUT2D eigenvalue weighted by Gasteiger charge is -2.16. The SMILES string of the molecule is CCNC(=NCCCc1nc2c(s1)CCCC2)NC(C)COC.I. The standard InChI is InChI=1S/C17H30N4OS.HI/c1-4-18-17(20-13(2)12-22-3)19-11-7-10-16-21-14-8-5-6-9-15(14)23-16;/h13H,4-12H2,1-3H3,(H2,18,19,20);1H. The van der Waals surface area contributed by atoms with Crippen LogP contribution in [0.15, 0.2) is 4.99 Å². The highest BCUT2D eigenvalue weighted by atomic mass is 127. The van der Waals surface area contributed by atoms with Crippen molar-refractivity contribution in [2.75, 3.05) is 26.8 Å². The molecule has 1 unspecified atom stereocenters. The van der Waals surface area contributed by atoms with Crippen molar-refractivity contribution < 1.29 is 4.74 Å². The Labute approximate surface area is 167 Å². The van der Waals surface area contributed by atoms with Gasteiger partial charge in [-0.05, 0) is 46.0 Å². The van der Waals surface area contributed by atoms with Crippen LogP contribution in [-0.4, -0.2) is 43.8 Å². The van der Waals surface area contributed by atoms with Crippen LogP contribution in [0, 0.1) is 0 Å². The summed E-state index contributed by atoms with van der Waals surface area (Å²) in [5, 5.41) is 7.93. The molecule has 1 heterocycles. The van der Waals surface area contributed by atoms with Gasteiger partial charge in [-0.3, -0.25) is 4.99 Å². The highest BCUT2D eigenvalue weighted by Crippen LogP contribution is 2.27. The first-order chi connectivity index (χ1) is 11.2. The second kappa shape index (κ2) is 12.0. The number of rotatable bonds is 8. The summed E-state index contributed by atoms with van der Waals surface area (Å²) in [6.07, 6.45) is 7.12. The van der Waals surface area contributed by atoms with E-state index in [9.17, 15) is 0 Å². The summed E-state index contributed by atoms with van der Waals surface area (Å²) >= 11 is 1.91. The molecule has 0 aromatic carbocycles. The van der Waals surface area contributed by atoms with Gasteiger partial charge in [0.2, 0.25) is 0 Å². The zero-order chi connectivity index (χ0) is 16.5. The third-order valence-corrected chi connectivity index (χ3v) is 5.07. The molecule has 0 radical (unpaired) electrons. The predicted molar refractivity (Wildman–Crippen MR) is 113 cm³/mol. The molecule has 1 aromatic rings. The molecule has 1 aliphatic carbocycles. The maximum atomic E-state index is 5.15. The van der Waals surface area contributed by atoms with Gasteiger partial charge in [-0.1, -0.05) is 0 Å². The average Bonchev–Trinajstić information content (AvgIpc) is 2.94. The summed E-state index contributed by atoms with van der Waals surface area (Å²) < 4.78 is 5.15. The van der Waals surface area contributed by atoms with Crippen LogP contribution in [0.25, 0.3) is 0 Å². The molecule has 0 saturated carbocycles. The number of aromatic nitrogens is 1. The second-order valence-corrected chi connectivity index (χ2v) is 7.22. The zero-order valence-corrected chi connectivity index (χ0v) is 18.2. The van der Waals surface area contributed by atoms with Gasteiger partial charge in [-0.25, -0.2) is 4.98 Å². The number of ether oxygens (including phenoxy) is 1. The zero-order valence-electron chi connectivity index (χ0n) is 15.1. The molecule has 0 amide bonds. The van der Waals surface area contributed by atoms with Crippen LogP contribution in [0.4, 0.5) is 0 Å². The summed E-state index contributed by atoms with van der Waals surface area (Å²) in [6.45, 7) is 6.54. The molecule has 0 spiro atoms. The molecule has 2 rings (SSSR count). The molecule has 24 heavy (non-hydrogen) atoms. The number of hydrogen-bond acceptors (Lipinski definition) is 4. The van der Waals surface area contributed by atoms with Crippen molar-refractivity contribution in [3.05, 3.63) is 15.6 Å². The van der Waals surface area contributed by atoms with Gasteiger partial charge in [-0.15, -0.1) is 35.3 Å². The topological polar surface area (TPSA) is 58.5 Å². The number of nitrogens with one attached hydrogen (secondary N) is 2. The minimum Gasteiger partial charge on any atom is -0.383 e. The Hall–Kier alpha value is -0.410. The van der Waals surface area contributed by atoms with Crippen LogP contribution in [0.1, 0.15) is 48.7 Å². The Bertz CT molecular complexity index is 483. The molecule has 0 aliphatic heterocycles. The number of hydrogen-bond donors (Lipinski definition) is 2. The quantitative estimate of drug-likeness (QED) is 0.268. The normalized spacial score (nSPS) is 15.4. The van der Waals surface area contributed by atoms with E-state index < -0.39 is 0 Å². The van der Waals surface area contributed by atoms with Crippen LogP contribution in [0.5, 0.6) is 0 Å². The summed E-state index contributed by atoms with van der Waals surface area (Å²) in [7, 11) is 1.72. The summed E-state index contributed by atoms with van der Waals surface area (Å²) in [4.78, 5) is 11.0. The highest BCUT2D eigenvalue weighted by Gasteiger charge is 2.14. The molecule has 1 atom stereocenters. The number of fused-ring (bicyclic) bond motifs is 1. The monoisotopic (exact) mass is 466 g/mol. The predicted octanol–water partition coefficient (Wildman–Crippen LogP) is 3.16. The lowest BCUT2D eigenvalue weighted by molar-refractivity contribution is 0.179. The van der Waals surface area contributed by atoms with Gasteiger partial charge in [0.05, 0.1) is 17.3 Å². The van der Waals surface area contributed by atoms with Crippen molar-refractivity contribution in [3.63, 3.8) is 0 Å². The largest absolute Gasteiger partial charge is 0.383 e. The Kier molecular flexibility index (Phi) is 10.8. The van der Waals surface area contributed by atoms with Gasteiger partial charge >= 0.3 is 0 Å². The number of halogens is 1. The Morgan fingerprint density at radius 3 is 2.88 bits per heavy atom. The molecule has 138 valence electrons. The van der Waals surface area contributed by atoms with E-state index in [4.69, 9.17) is 9.72 Å². The molecular weight excluding hydrogens is 435 g/mol. The van der Waals surface area contributed by atoms with Gasteiger partial charge in [0, 0.05) is 37.5 Å². The molecule has 0 fully saturated rings. The summed E-state index contributed by atoms with van der Waals surface area (Å²) in [5.41, 5.74) is 1.36.